The van der Waals surface area contributed by atoms with Crippen LogP contribution in [0.2, 0.25) is 0 Å². The second-order valence-electron chi connectivity index (χ2n) is 7.70. The topological polar surface area (TPSA) is 58.6 Å². The molecule has 0 unspecified atom stereocenters. The third-order valence-corrected chi connectivity index (χ3v) is 5.16. The highest BCUT2D eigenvalue weighted by molar-refractivity contribution is 5.88. The maximum atomic E-state index is 13.0. The highest BCUT2D eigenvalue weighted by Crippen LogP contribution is 2.19. The molecule has 0 spiro atoms. The maximum absolute atomic E-state index is 13.0. The molecule has 2 aromatic rings. The van der Waals surface area contributed by atoms with E-state index in [1.807, 2.05) is 62.4 Å². The summed E-state index contributed by atoms with van der Waals surface area (Å²) in [6, 6.07) is 15.3. The molecule has 0 saturated carbocycles. The molecule has 1 atom stereocenters. The summed E-state index contributed by atoms with van der Waals surface area (Å²) in [6.07, 6.45) is 2.62. The van der Waals surface area contributed by atoms with Gasteiger partial charge in [0.2, 0.25) is 5.91 Å². The number of carbonyl (C=O) groups is 2. The first-order chi connectivity index (χ1) is 14.4. The molecule has 0 aromatic heterocycles. The molecule has 2 amide bonds. The number of carbonyl (C=O) groups excluding carboxylic acids is 2. The van der Waals surface area contributed by atoms with Crippen molar-refractivity contribution in [3.8, 4) is 5.75 Å². The number of rotatable bonds is 11. The summed E-state index contributed by atoms with van der Waals surface area (Å²) in [5.74, 6) is 0.373. The van der Waals surface area contributed by atoms with Crippen LogP contribution in [0.4, 0.5) is 0 Å². The van der Waals surface area contributed by atoms with Gasteiger partial charge in [-0.2, -0.15) is 0 Å². The fraction of sp³-hybridized carbons (Fsp3) is 0.440. The van der Waals surface area contributed by atoms with E-state index in [9.17, 15) is 9.59 Å². The van der Waals surface area contributed by atoms with Crippen LogP contribution in [0, 0.1) is 13.8 Å². The van der Waals surface area contributed by atoms with Crippen LogP contribution in [0.1, 0.15) is 43.4 Å². The predicted octanol–water partition coefficient (Wildman–Crippen LogP) is 4.06. The lowest BCUT2D eigenvalue weighted by atomic mass is 10.1. The van der Waals surface area contributed by atoms with Crippen LogP contribution < -0.4 is 10.1 Å². The van der Waals surface area contributed by atoms with Crippen LogP contribution >= 0.6 is 0 Å². The molecule has 162 valence electrons. The van der Waals surface area contributed by atoms with Crippen LogP contribution in [0.15, 0.2) is 48.5 Å². The number of hydrogen-bond acceptors (Lipinski definition) is 3. The molecule has 30 heavy (non-hydrogen) atoms. The van der Waals surface area contributed by atoms with Crippen molar-refractivity contribution in [1.29, 1.82) is 0 Å². The van der Waals surface area contributed by atoms with Crippen LogP contribution in [-0.2, 0) is 16.0 Å². The van der Waals surface area contributed by atoms with Gasteiger partial charge < -0.3 is 15.0 Å². The van der Waals surface area contributed by atoms with Crippen molar-refractivity contribution in [2.45, 2.75) is 53.0 Å². The standard InChI is InChI=1S/C25H34N2O3/c1-5-6-15-26-25(29)21(4)27(16-14-22-10-8-7-9-11-22)24(28)18-30-23-13-12-19(2)17-20(23)3/h7-13,17,21H,5-6,14-16,18H2,1-4H3,(H,26,29)/t21-/m0/s1. The van der Waals surface area contributed by atoms with Gasteiger partial charge in [0.15, 0.2) is 6.61 Å². The largest absolute Gasteiger partial charge is 0.483 e. The molecular weight excluding hydrogens is 376 g/mol. The Labute approximate surface area is 180 Å². The van der Waals surface area contributed by atoms with Gasteiger partial charge in [0.25, 0.3) is 5.91 Å². The molecule has 2 rings (SSSR count). The molecule has 0 saturated heterocycles. The van der Waals surface area contributed by atoms with Crippen molar-refractivity contribution < 1.29 is 14.3 Å². The van der Waals surface area contributed by atoms with Crippen LogP contribution in [0.25, 0.3) is 0 Å². The third-order valence-electron chi connectivity index (χ3n) is 5.16. The number of nitrogens with one attached hydrogen (secondary N) is 1. The molecule has 1 N–H and O–H groups in total. The smallest absolute Gasteiger partial charge is 0.261 e. The molecule has 2 aromatic carbocycles. The van der Waals surface area contributed by atoms with Crippen molar-refractivity contribution in [3.05, 3.63) is 65.2 Å². The van der Waals surface area contributed by atoms with Gasteiger partial charge >= 0.3 is 0 Å². The molecular formula is C25H34N2O3. The maximum Gasteiger partial charge on any atom is 0.261 e. The Bertz CT molecular complexity index is 820. The van der Waals surface area contributed by atoms with Crippen molar-refractivity contribution in [2.24, 2.45) is 0 Å². The Morgan fingerprint density at radius 2 is 1.83 bits per heavy atom. The van der Waals surface area contributed by atoms with E-state index in [1.165, 1.54) is 0 Å². The average molecular weight is 411 g/mol. The van der Waals surface area contributed by atoms with Gasteiger partial charge in [-0.1, -0.05) is 61.4 Å². The van der Waals surface area contributed by atoms with E-state index >= 15 is 0 Å². The van der Waals surface area contributed by atoms with E-state index in [1.54, 1.807) is 11.8 Å². The Hall–Kier alpha value is -2.82. The van der Waals surface area contributed by atoms with Gasteiger partial charge in [0.1, 0.15) is 11.8 Å². The first-order valence-electron chi connectivity index (χ1n) is 10.7. The molecule has 5 nitrogen and oxygen atoms in total. The summed E-state index contributed by atoms with van der Waals surface area (Å²) in [5.41, 5.74) is 3.27. The summed E-state index contributed by atoms with van der Waals surface area (Å²) >= 11 is 0. The number of hydrogen-bond donors (Lipinski definition) is 1. The fourth-order valence-corrected chi connectivity index (χ4v) is 3.29. The lowest BCUT2D eigenvalue weighted by Gasteiger charge is -2.29. The quantitative estimate of drug-likeness (QED) is 0.569. The normalized spacial score (nSPS) is 11.6. The second kappa shape index (κ2) is 12.0. The zero-order valence-electron chi connectivity index (χ0n) is 18.6. The molecule has 0 fully saturated rings. The Balaban J connectivity index is 2.05. The van der Waals surface area contributed by atoms with E-state index in [2.05, 4.69) is 12.2 Å². The Kier molecular flexibility index (Phi) is 9.39. The summed E-state index contributed by atoms with van der Waals surface area (Å²) < 4.78 is 5.79. The van der Waals surface area contributed by atoms with Gasteiger partial charge in [-0.25, -0.2) is 0 Å². The van der Waals surface area contributed by atoms with Gasteiger partial charge in [-0.3, -0.25) is 9.59 Å². The predicted molar refractivity (Wildman–Crippen MR) is 121 cm³/mol. The molecule has 0 heterocycles. The van der Waals surface area contributed by atoms with Gasteiger partial charge in [0, 0.05) is 13.1 Å². The van der Waals surface area contributed by atoms with E-state index in [-0.39, 0.29) is 18.4 Å². The first kappa shape index (κ1) is 23.5. The van der Waals surface area contributed by atoms with E-state index in [0.717, 1.165) is 29.5 Å². The van der Waals surface area contributed by atoms with E-state index in [0.29, 0.717) is 25.3 Å². The molecule has 0 aliphatic heterocycles. The minimum Gasteiger partial charge on any atom is -0.483 e. The average Bonchev–Trinajstić information content (AvgIpc) is 2.74. The monoisotopic (exact) mass is 410 g/mol. The highest BCUT2D eigenvalue weighted by atomic mass is 16.5. The van der Waals surface area contributed by atoms with E-state index in [4.69, 9.17) is 4.74 Å². The number of nitrogens with zero attached hydrogens (tertiary/aromatic N) is 1. The molecule has 5 heteroatoms. The molecule has 0 aliphatic carbocycles. The fourth-order valence-electron chi connectivity index (χ4n) is 3.29. The van der Waals surface area contributed by atoms with Crippen LogP contribution in [0.3, 0.4) is 0 Å². The van der Waals surface area contributed by atoms with Crippen LogP contribution in [0.5, 0.6) is 5.75 Å². The summed E-state index contributed by atoms with van der Waals surface area (Å²) in [5, 5.41) is 2.93. The number of aryl methyl sites for hydroxylation is 2. The number of benzene rings is 2. The van der Waals surface area contributed by atoms with Crippen molar-refractivity contribution in [1.82, 2.24) is 10.2 Å². The highest BCUT2D eigenvalue weighted by Gasteiger charge is 2.26. The number of ether oxygens (including phenoxy) is 1. The van der Waals surface area contributed by atoms with Gasteiger partial charge in [-0.05, 0) is 50.8 Å². The molecule has 0 radical (unpaired) electrons. The van der Waals surface area contributed by atoms with Crippen molar-refractivity contribution in [3.63, 3.8) is 0 Å². The van der Waals surface area contributed by atoms with Crippen molar-refractivity contribution >= 4 is 11.8 Å². The zero-order valence-corrected chi connectivity index (χ0v) is 18.6. The molecule has 0 bridgehead atoms. The Morgan fingerprint density at radius 3 is 2.50 bits per heavy atom. The summed E-state index contributed by atoms with van der Waals surface area (Å²) in [7, 11) is 0. The SMILES string of the molecule is CCCCNC(=O)[C@H](C)N(CCc1ccccc1)C(=O)COc1ccc(C)cc1C. The Morgan fingerprint density at radius 1 is 1.10 bits per heavy atom. The number of amides is 2. The number of unbranched alkanes of at least 4 members (excludes halogenated alkanes) is 1. The minimum atomic E-state index is -0.555. The van der Waals surface area contributed by atoms with Gasteiger partial charge in [0.05, 0.1) is 0 Å². The van der Waals surface area contributed by atoms with Crippen molar-refractivity contribution in [2.75, 3.05) is 19.7 Å². The van der Waals surface area contributed by atoms with E-state index < -0.39 is 6.04 Å². The lowest BCUT2D eigenvalue weighted by molar-refractivity contribution is -0.141. The van der Waals surface area contributed by atoms with Crippen LogP contribution in [-0.4, -0.2) is 42.5 Å². The minimum absolute atomic E-state index is 0.0920. The lowest BCUT2D eigenvalue weighted by Crippen LogP contribution is -2.50. The first-order valence-corrected chi connectivity index (χ1v) is 10.7. The second-order valence-corrected chi connectivity index (χ2v) is 7.70. The third kappa shape index (κ3) is 7.21. The zero-order chi connectivity index (χ0) is 21.9. The summed E-state index contributed by atoms with van der Waals surface area (Å²) in [4.78, 5) is 27.2. The summed E-state index contributed by atoms with van der Waals surface area (Å²) in [6.45, 7) is 8.83. The molecule has 0 aliphatic rings. The van der Waals surface area contributed by atoms with Gasteiger partial charge in [-0.15, -0.1) is 0 Å².